The second-order valence-corrected chi connectivity index (χ2v) is 8.25. The molecule has 0 aromatic heterocycles. The van der Waals surface area contributed by atoms with Gasteiger partial charge in [0, 0.05) is 18.4 Å². The van der Waals surface area contributed by atoms with Gasteiger partial charge in [-0.1, -0.05) is 70.2 Å². The zero-order valence-corrected chi connectivity index (χ0v) is 17.6. The molecule has 3 rings (SSSR count). The maximum absolute atomic E-state index is 12.7. The summed E-state index contributed by atoms with van der Waals surface area (Å²) in [5.41, 5.74) is 3.44. The highest BCUT2D eigenvalue weighted by Crippen LogP contribution is 2.42. The van der Waals surface area contributed by atoms with E-state index in [1.165, 1.54) is 11.1 Å². The molecule has 0 unspecified atom stereocenters. The van der Waals surface area contributed by atoms with Crippen LogP contribution >= 0.6 is 0 Å². The predicted molar refractivity (Wildman–Crippen MR) is 115 cm³/mol. The zero-order valence-electron chi connectivity index (χ0n) is 17.6. The Balaban J connectivity index is 1.65. The molecule has 1 aliphatic rings. The van der Waals surface area contributed by atoms with Gasteiger partial charge in [0.1, 0.15) is 11.4 Å². The largest absolute Gasteiger partial charge is 0.487 e. The molecule has 1 N–H and O–H groups in total. The smallest absolute Gasteiger partial charge is 0.220 e. The van der Waals surface area contributed by atoms with Gasteiger partial charge in [0.2, 0.25) is 5.91 Å². The first-order valence-electron chi connectivity index (χ1n) is 10.6. The summed E-state index contributed by atoms with van der Waals surface area (Å²) < 4.78 is 6.34. The molecule has 1 aliphatic heterocycles. The Labute approximate surface area is 169 Å². The molecule has 3 nitrogen and oxygen atoms in total. The molecule has 0 aliphatic carbocycles. The van der Waals surface area contributed by atoms with Crippen LogP contribution in [-0.2, 0) is 11.2 Å². The number of hydrogen-bond donors (Lipinski definition) is 1. The van der Waals surface area contributed by atoms with Crippen LogP contribution in [0.1, 0.15) is 82.0 Å². The Kier molecular flexibility index (Phi) is 6.43. The number of hydrogen-bond acceptors (Lipinski definition) is 2. The van der Waals surface area contributed by atoms with Gasteiger partial charge in [0.05, 0.1) is 6.04 Å². The van der Waals surface area contributed by atoms with Crippen molar-refractivity contribution >= 4 is 5.91 Å². The number of nitrogens with one attached hydrogen (secondary N) is 1. The van der Waals surface area contributed by atoms with Crippen LogP contribution in [0, 0.1) is 0 Å². The van der Waals surface area contributed by atoms with Crippen LogP contribution in [0.3, 0.4) is 0 Å². The molecule has 0 bridgehead atoms. The van der Waals surface area contributed by atoms with Gasteiger partial charge in [-0.05, 0) is 42.4 Å². The second kappa shape index (κ2) is 8.81. The first-order chi connectivity index (χ1) is 13.5. The summed E-state index contributed by atoms with van der Waals surface area (Å²) in [6.07, 6.45) is 3.97. The van der Waals surface area contributed by atoms with Crippen molar-refractivity contribution in [3.63, 3.8) is 0 Å². The van der Waals surface area contributed by atoms with E-state index < -0.39 is 0 Å². The summed E-state index contributed by atoms with van der Waals surface area (Å²) >= 11 is 0. The lowest BCUT2D eigenvalue weighted by atomic mass is 9.83. The summed E-state index contributed by atoms with van der Waals surface area (Å²) in [5, 5.41) is 3.28. The minimum atomic E-state index is -0.195. The summed E-state index contributed by atoms with van der Waals surface area (Å²) in [7, 11) is 0. The number of aryl methyl sites for hydroxylation is 1. The van der Waals surface area contributed by atoms with Gasteiger partial charge in [-0.15, -0.1) is 0 Å². The average Bonchev–Trinajstić information content (AvgIpc) is 2.72. The van der Waals surface area contributed by atoms with Crippen molar-refractivity contribution < 1.29 is 9.53 Å². The topological polar surface area (TPSA) is 38.3 Å². The number of carbonyl (C=O) groups is 1. The third-order valence-corrected chi connectivity index (χ3v) is 6.11. The molecule has 0 saturated heterocycles. The normalized spacial score (nSPS) is 17.7. The van der Waals surface area contributed by atoms with Crippen molar-refractivity contribution in [1.82, 2.24) is 5.32 Å². The predicted octanol–water partition coefficient (Wildman–Crippen LogP) is 5.94. The van der Waals surface area contributed by atoms with Crippen molar-refractivity contribution in [2.24, 2.45) is 0 Å². The molecule has 1 amide bonds. The molecule has 2 aromatic rings. The molecule has 1 heterocycles. The SMILES string of the molecule is CCC1(CC)C[C@@H](NC(=O)CCc2ccc(C(C)C)cc2)c2ccccc2O1. The molecule has 150 valence electrons. The average molecular weight is 380 g/mol. The second-order valence-electron chi connectivity index (χ2n) is 8.25. The number of amides is 1. The highest BCUT2D eigenvalue weighted by molar-refractivity contribution is 5.77. The van der Waals surface area contributed by atoms with Crippen molar-refractivity contribution in [3.05, 3.63) is 65.2 Å². The minimum absolute atomic E-state index is 0.0145. The lowest BCUT2D eigenvalue weighted by Gasteiger charge is -2.41. The van der Waals surface area contributed by atoms with Crippen molar-refractivity contribution in [3.8, 4) is 5.75 Å². The Morgan fingerprint density at radius 1 is 1.11 bits per heavy atom. The first kappa shape index (κ1) is 20.4. The summed E-state index contributed by atoms with van der Waals surface area (Å²) in [5.74, 6) is 1.55. The van der Waals surface area contributed by atoms with E-state index in [0.29, 0.717) is 12.3 Å². The maximum atomic E-state index is 12.7. The van der Waals surface area contributed by atoms with Gasteiger partial charge >= 0.3 is 0 Å². The number of fused-ring (bicyclic) bond motifs is 1. The van der Waals surface area contributed by atoms with Crippen LogP contribution in [0.2, 0.25) is 0 Å². The fourth-order valence-corrected chi connectivity index (χ4v) is 4.02. The molecular weight excluding hydrogens is 346 g/mol. The van der Waals surface area contributed by atoms with Crippen LogP contribution in [0.15, 0.2) is 48.5 Å². The Morgan fingerprint density at radius 3 is 2.43 bits per heavy atom. The van der Waals surface area contributed by atoms with Crippen LogP contribution < -0.4 is 10.1 Å². The van der Waals surface area contributed by atoms with E-state index in [-0.39, 0.29) is 17.6 Å². The van der Waals surface area contributed by atoms with Gasteiger partial charge in [0.25, 0.3) is 0 Å². The highest BCUT2D eigenvalue weighted by atomic mass is 16.5. The van der Waals surface area contributed by atoms with E-state index in [1.54, 1.807) is 0 Å². The van der Waals surface area contributed by atoms with Crippen molar-refractivity contribution in [2.75, 3.05) is 0 Å². The molecule has 0 spiro atoms. The number of benzene rings is 2. The third kappa shape index (κ3) is 4.57. The molecule has 2 aromatic carbocycles. The maximum Gasteiger partial charge on any atom is 0.220 e. The Hall–Kier alpha value is -2.29. The van der Waals surface area contributed by atoms with Crippen LogP contribution in [0.25, 0.3) is 0 Å². The Morgan fingerprint density at radius 2 is 1.79 bits per heavy atom. The van der Waals surface area contributed by atoms with E-state index in [9.17, 15) is 4.79 Å². The van der Waals surface area contributed by atoms with Crippen LogP contribution in [0.5, 0.6) is 5.75 Å². The monoisotopic (exact) mass is 379 g/mol. The number of ether oxygens (including phenoxy) is 1. The molecule has 1 atom stereocenters. The van der Waals surface area contributed by atoms with Crippen molar-refractivity contribution in [2.45, 2.75) is 77.4 Å². The fraction of sp³-hybridized carbons (Fsp3) is 0.480. The van der Waals surface area contributed by atoms with Gasteiger partial charge in [-0.25, -0.2) is 0 Å². The molecule has 0 fully saturated rings. The molecular formula is C25H33NO2. The quantitative estimate of drug-likeness (QED) is 0.646. The van der Waals surface area contributed by atoms with Crippen molar-refractivity contribution in [1.29, 1.82) is 0 Å². The van der Waals surface area contributed by atoms with E-state index in [0.717, 1.165) is 37.0 Å². The van der Waals surface area contributed by atoms with Gasteiger partial charge in [-0.3, -0.25) is 4.79 Å². The third-order valence-electron chi connectivity index (χ3n) is 6.11. The van der Waals surface area contributed by atoms with E-state index in [4.69, 9.17) is 4.74 Å². The lowest BCUT2D eigenvalue weighted by molar-refractivity contribution is -0.122. The van der Waals surface area contributed by atoms with E-state index >= 15 is 0 Å². The summed E-state index contributed by atoms with van der Waals surface area (Å²) in [6.45, 7) is 8.72. The molecule has 28 heavy (non-hydrogen) atoms. The van der Waals surface area contributed by atoms with Gasteiger partial charge in [0.15, 0.2) is 0 Å². The van der Waals surface area contributed by atoms with E-state index in [1.807, 2.05) is 18.2 Å². The van der Waals surface area contributed by atoms with Crippen LogP contribution in [-0.4, -0.2) is 11.5 Å². The number of rotatable bonds is 7. The van der Waals surface area contributed by atoms with Crippen LogP contribution in [0.4, 0.5) is 0 Å². The summed E-state index contributed by atoms with van der Waals surface area (Å²) in [4.78, 5) is 12.7. The standard InChI is InChI=1S/C25H33NO2/c1-5-25(6-2)17-22(21-9-7-8-10-23(21)28-25)26-24(27)16-13-19-11-14-20(15-12-19)18(3)4/h7-12,14-15,18,22H,5-6,13,16-17H2,1-4H3,(H,26,27)/t22-/m1/s1. The Bertz CT molecular complexity index is 790. The molecule has 0 saturated carbocycles. The highest BCUT2D eigenvalue weighted by Gasteiger charge is 2.38. The zero-order chi connectivity index (χ0) is 20.1. The fourth-order valence-electron chi connectivity index (χ4n) is 4.02. The first-order valence-corrected chi connectivity index (χ1v) is 10.6. The van der Waals surface area contributed by atoms with Gasteiger partial charge < -0.3 is 10.1 Å². The van der Waals surface area contributed by atoms with E-state index in [2.05, 4.69) is 63.3 Å². The molecule has 3 heteroatoms. The number of para-hydroxylation sites is 1. The lowest BCUT2D eigenvalue weighted by Crippen LogP contribution is -2.44. The van der Waals surface area contributed by atoms with Gasteiger partial charge in [-0.2, -0.15) is 0 Å². The molecule has 0 radical (unpaired) electrons. The minimum Gasteiger partial charge on any atom is -0.487 e. The summed E-state index contributed by atoms with van der Waals surface area (Å²) in [6, 6.07) is 16.7. The number of carbonyl (C=O) groups excluding carboxylic acids is 1.